The highest BCUT2D eigenvalue weighted by Gasteiger charge is 2.14. The van der Waals surface area contributed by atoms with Crippen LogP contribution in [-0.4, -0.2) is 49.7 Å². The van der Waals surface area contributed by atoms with Crippen molar-refractivity contribution < 1.29 is 19.1 Å². The van der Waals surface area contributed by atoms with E-state index < -0.39 is 0 Å². The third kappa shape index (κ3) is 35.1. The Morgan fingerprint density at radius 3 is 1.04 bits per heavy atom. The summed E-state index contributed by atoms with van der Waals surface area (Å²) in [4.78, 5) is 27.0. The monoisotopic (exact) mass is 750 g/mol. The van der Waals surface area contributed by atoms with Gasteiger partial charge >= 0.3 is 11.9 Å². The molecule has 0 unspecified atom stereocenters. The van der Waals surface area contributed by atoms with Gasteiger partial charge < -0.3 is 14.4 Å². The Labute approximate surface area is 332 Å². The van der Waals surface area contributed by atoms with Crippen LogP contribution in [0.5, 0.6) is 0 Å². The van der Waals surface area contributed by atoms with E-state index in [-0.39, 0.29) is 11.9 Å². The molecule has 5 nitrogen and oxygen atoms in total. The summed E-state index contributed by atoms with van der Waals surface area (Å²) in [5.74, 6) is 2.29. The third-order valence-corrected chi connectivity index (χ3v) is 11.9. The first-order valence-electron chi connectivity index (χ1n) is 23.8. The molecule has 0 aromatic heterocycles. The standard InChI is InChI=1S/C48H95NO4/c1-8-12-30-44(31-13-9-2)38-40-52-47(50)36-28-24-20-16-18-22-26-34-46(42-49(7)43(5)6)35-27-23-19-17-21-25-29-37-48(51)53-41-39-45(32-14-10-3)33-15-11-4/h43-46H,8-42H2,1-7H3. The molecule has 0 heterocycles. The summed E-state index contributed by atoms with van der Waals surface area (Å²) in [6.07, 6.45) is 38.7. The van der Waals surface area contributed by atoms with E-state index in [2.05, 4.69) is 53.5 Å². The van der Waals surface area contributed by atoms with Crippen LogP contribution in [0.1, 0.15) is 247 Å². The molecular formula is C48H95NO4. The highest BCUT2D eigenvalue weighted by Crippen LogP contribution is 2.23. The lowest BCUT2D eigenvalue weighted by atomic mass is 9.93. The molecule has 316 valence electrons. The van der Waals surface area contributed by atoms with Gasteiger partial charge in [-0.15, -0.1) is 0 Å². The van der Waals surface area contributed by atoms with Crippen LogP contribution in [0.25, 0.3) is 0 Å². The minimum absolute atomic E-state index is 0.0142. The molecule has 0 rings (SSSR count). The molecule has 0 aliphatic rings. The number of nitrogens with zero attached hydrogens (tertiary/aromatic N) is 1. The van der Waals surface area contributed by atoms with Crippen molar-refractivity contribution in [1.82, 2.24) is 4.90 Å². The highest BCUT2D eigenvalue weighted by atomic mass is 16.5. The Morgan fingerprint density at radius 1 is 0.415 bits per heavy atom. The maximum atomic E-state index is 12.2. The molecule has 5 heteroatoms. The van der Waals surface area contributed by atoms with Gasteiger partial charge in [0.25, 0.3) is 0 Å². The average Bonchev–Trinajstić information content (AvgIpc) is 3.14. The summed E-state index contributed by atoms with van der Waals surface area (Å²) < 4.78 is 11.2. The molecule has 0 atom stereocenters. The Kier molecular flexibility index (Phi) is 38.3. The van der Waals surface area contributed by atoms with Crippen LogP contribution in [0.2, 0.25) is 0 Å². The molecule has 0 aromatic rings. The number of carbonyl (C=O) groups is 2. The number of hydrogen-bond donors (Lipinski definition) is 0. The van der Waals surface area contributed by atoms with Gasteiger partial charge in [-0.2, -0.15) is 0 Å². The molecule has 0 fully saturated rings. The SMILES string of the molecule is CCCCC(CCCC)CCOC(=O)CCCCCCCCCC(CCCCCCCCCC(=O)OCCC(CCCC)CCCC)CN(C)C(C)C. The van der Waals surface area contributed by atoms with Crippen molar-refractivity contribution in [2.75, 3.05) is 26.8 Å². The van der Waals surface area contributed by atoms with Crippen LogP contribution in [0.15, 0.2) is 0 Å². The fraction of sp³-hybridized carbons (Fsp3) is 0.958. The van der Waals surface area contributed by atoms with E-state index in [1.54, 1.807) is 0 Å². The van der Waals surface area contributed by atoms with Gasteiger partial charge in [-0.05, 0) is 77.2 Å². The van der Waals surface area contributed by atoms with E-state index in [1.807, 2.05) is 0 Å². The van der Waals surface area contributed by atoms with Crippen LogP contribution in [0.3, 0.4) is 0 Å². The molecule has 0 radical (unpaired) electrons. The molecule has 0 N–H and O–H groups in total. The molecule has 0 saturated carbocycles. The molecule has 0 aromatic carbocycles. The number of hydrogen-bond acceptors (Lipinski definition) is 5. The van der Waals surface area contributed by atoms with Gasteiger partial charge in [0.2, 0.25) is 0 Å². The molecular weight excluding hydrogens is 655 g/mol. The molecule has 0 spiro atoms. The van der Waals surface area contributed by atoms with Gasteiger partial charge in [0.15, 0.2) is 0 Å². The molecule has 0 aliphatic carbocycles. The zero-order valence-corrected chi connectivity index (χ0v) is 37.1. The number of carbonyl (C=O) groups excluding carboxylic acids is 2. The highest BCUT2D eigenvalue weighted by molar-refractivity contribution is 5.69. The van der Waals surface area contributed by atoms with Crippen molar-refractivity contribution in [3.8, 4) is 0 Å². The Hall–Kier alpha value is -1.10. The number of rotatable bonds is 41. The lowest BCUT2D eigenvalue weighted by molar-refractivity contribution is -0.145. The second-order valence-corrected chi connectivity index (χ2v) is 17.2. The van der Waals surface area contributed by atoms with Crippen molar-refractivity contribution in [2.24, 2.45) is 17.8 Å². The number of ether oxygens (including phenoxy) is 2. The zero-order chi connectivity index (χ0) is 39.2. The van der Waals surface area contributed by atoms with Crippen molar-refractivity contribution in [3.63, 3.8) is 0 Å². The van der Waals surface area contributed by atoms with Gasteiger partial charge in [0, 0.05) is 25.4 Å². The van der Waals surface area contributed by atoms with E-state index in [4.69, 9.17) is 9.47 Å². The van der Waals surface area contributed by atoms with Crippen LogP contribution in [0, 0.1) is 17.8 Å². The third-order valence-electron chi connectivity index (χ3n) is 11.9. The quantitative estimate of drug-likeness (QED) is 0.0460. The second kappa shape index (κ2) is 39.1. The smallest absolute Gasteiger partial charge is 0.305 e. The van der Waals surface area contributed by atoms with Gasteiger partial charge in [-0.1, -0.05) is 182 Å². The normalized spacial score (nSPS) is 11.9. The largest absolute Gasteiger partial charge is 0.466 e. The summed E-state index contributed by atoms with van der Waals surface area (Å²) >= 11 is 0. The van der Waals surface area contributed by atoms with Gasteiger partial charge in [0.1, 0.15) is 0 Å². The van der Waals surface area contributed by atoms with Gasteiger partial charge in [-0.3, -0.25) is 9.59 Å². The lowest BCUT2D eigenvalue weighted by Crippen LogP contribution is -2.31. The molecule has 53 heavy (non-hydrogen) atoms. The van der Waals surface area contributed by atoms with Crippen molar-refractivity contribution >= 4 is 11.9 Å². The predicted octanol–water partition coefficient (Wildman–Crippen LogP) is 14.8. The predicted molar refractivity (Wildman–Crippen MR) is 231 cm³/mol. The first-order chi connectivity index (χ1) is 25.8. The van der Waals surface area contributed by atoms with Crippen LogP contribution < -0.4 is 0 Å². The fourth-order valence-corrected chi connectivity index (χ4v) is 7.78. The Morgan fingerprint density at radius 2 is 0.717 bits per heavy atom. The number of esters is 2. The second-order valence-electron chi connectivity index (χ2n) is 17.2. The van der Waals surface area contributed by atoms with Gasteiger partial charge in [-0.25, -0.2) is 0 Å². The van der Waals surface area contributed by atoms with E-state index in [1.165, 1.54) is 161 Å². The molecule has 0 aliphatic heterocycles. The summed E-state index contributed by atoms with van der Waals surface area (Å²) in [7, 11) is 2.29. The summed E-state index contributed by atoms with van der Waals surface area (Å²) in [5, 5.41) is 0. The maximum absolute atomic E-state index is 12.2. The Bertz CT molecular complexity index is 714. The van der Waals surface area contributed by atoms with E-state index >= 15 is 0 Å². The van der Waals surface area contributed by atoms with Crippen molar-refractivity contribution in [1.29, 1.82) is 0 Å². The topological polar surface area (TPSA) is 55.8 Å². The van der Waals surface area contributed by atoms with E-state index in [0.29, 0.717) is 32.1 Å². The Balaban J connectivity index is 3.99. The van der Waals surface area contributed by atoms with E-state index in [9.17, 15) is 9.59 Å². The average molecular weight is 750 g/mol. The minimum Gasteiger partial charge on any atom is -0.466 e. The summed E-state index contributed by atoms with van der Waals surface area (Å²) in [6, 6.07) is 0.606. The molecule has 0 amide bonds. The van der Waals surface area contributed by atoms with Crippen LogP contribution in [0.4, 0.5) is 0 Å². The maximum Gasteiger partial charge on any atom is 0.305 e. The van der Waals surface area contributed by atoms with Crippen molar-refractivity contribution in [3.05, 3.63) is 0 Å². The summed E-state index contributed by atoms with van der Waals surface area (Å²) in [6.45, 7) is 16.1. The first kappa shape index (κ1) is 51.9. The summed E-state index contributed by atoms with van der Waals surface area (Å²) in [5.41, 5.74) is 0. The molecule has 0 saturated heterocycles. The molecule has 0 bridgehead atoms. The number of unbranched alkanes of at least 4 members (excludes halogenated alkanes) is 16. The van der Waals surface area contributed by atoms with Crippen LogP contribution >= 0.6 is 0 Å². The van der Waals surface area contributed by atoms with Crippen LogP contribution in [-0.2, 0) is 19.1 Å². The first-order valence-corrected chi connectivity index (χ1v) is 23.8. The van der Waals surface area contributed by atoms with Gasteiger partial charge in [0.05, 0.1) is 13.2 Å². The zero-order valence-electron chi connectivity index (χ0n) is 37.1. The van der Waals surface area contributed by atoms with E-state index in [0.717, 1.165) is 56.3 Å². The van der Waals surface area contributed by atoms with Crippen molar-refractivity contribution in [2.45, 2.75) is 253 Å². The minimum atomic E-state index is 0.0142. The lowest BCUT2D eigenvalue weighted by Gasteiger charge is -2.27. The fourth-order valence-electron chi connectivity index (χ4n) is 7.78.